The van der Waals surface area contributed by atoms with Crippen molar-refractivity contribution >= 4 is 33.5 Å². The van der Waals surface area contributed by atoms with Crippen LogP contribution in [0.1, 0.15) is 34.2 Å². The molecule has 266 valence electrons. The number of morpholine rings is 1. The molecule has 0 saturated carbocycles. The minimum Gasteiger partial charge on any atom is -0.487 e. The predicted molar refractivity (Wildman–Crippen MR) is 193 cm³/mol. The molecule has 5 aromatic rings. The van der Waals surface area contributed by atoms with Crippen LogP contribution >= 0.6 is 27.5 Å². The number of benzene rings is 3. The number of nitrogens with two attached hydrogens (primary N) is 1. The second-order valence-corrected chi connectivity index (χ2v) is 13.4. The van der Waals surface area contributed by atoms with Crippen molar-refractivity contribution in [2.45, 2.75) is 38.3 Å². The lowest BCUT2D eigenvalue weighted by molar-refractivity contribution is -0.154. The van der Waals surface area contributed by atoms with Crippen LogP contribution in [0.2, 0.25) is 5.02 Å². The first-order chi connectivity index (χ1) is 24.7. The van der Waals surface area contributed by atoms with Crippen molar-refractivity contribution in [3.05, 3.63) is 117 Å². The smallest absolute Gasteiger partial charge is 0.329 e. The summed E-state index contributed by atoms with van der Waals surface area (Å²) in [6.45, 7) is 4.96. The van der Waals surface area contributed by atoms with Crippen molar-refractivity contribution in [1.82, 2.24) is 20.1 Å². The summed E-state index contributed by atoms with van der Waals surface area (Å²) in [7, 11) is 0. The number of nitrogens with zero attached hydrogens (tertiary/aromatic N) is 4. The van der Waals surface area contributed by atoms with E-state index in [2.05, 4.69) is 36.0 Å². The van der Waals surface area contributed by atoms with E-state index >= 15 is 0 Å². The van der Waals surface area contributed by atoms with Gasteiger partial charge in [0.15, 0.2) is 5.54 Å². The number of ether oxygens (including phenoxy) is 3. The zero-order chi connectivity index (χ0) is 36.0. The monoisotopic (exact) mass is 777 g/mol. The number of carboxylic acids is 1. The van der Waals surface area contributed by atoms with Crippen LogP contribution in [0, 0.1) is 6.92 Å². The van der Waals surface area contributed by atoms with Crippen LogP contribution in [-0.2, 0) is 34.0 Å². The maximum absolute atomic E-state index is 12.2. The normalized spacial score (nSPS) is 15.3. The van der Waals surface area contributed by atoms with Gasteiger partial charge in [-0.3, -0.25) is 14.7 Å². The highest BCUT2D eigenvalue weighted by Crippen LogP contribution is 2.38. The summed E-state index contributed by atoms with van der Waals surface area (Å²) >= 11 is 10.5. The molecular weight excluding hydrogens is 742 g/mol. The molecule has 1 saturated heterocycles. The average molecular weight is 779 g/mol. The quantitative estimate of drug-likeness (QED) is 0.121. The third-order valence-electron chi connectivity index (χ3n) is 8.77. The Kier molecular flexibility index (Phi) is 11.8. The first-order valence-electron chi connectivity index (χ1n) is 16.2. The largest absolute Gasteiger partial charge is 0.487 e. The summed E-state index contributed by atoms with van der Waals surface area (Å²) in [4.78, 5) is 18.5. The highest BCUT2D eigenvalue weighted by Gasteiger charge is 2.44. The molecule has 2 aromatic heterocycles. The van der Waals surface area contributed by atoms with E-state index in [4.69, 9.17) is 36.0 Å². The molecule has 1 aliphatic rings. The van der Waals surface area contributed by atoms with Gasteiger partial charge in [-0.1, -0.05) is 54.1 Å². The van der Waals surface area contributed by atoms with Gasteiger partial charge < -0.3 is 34.6 Å². The van der Waals surface area contributed by atoms with Crippen molar-refractivity contribution in [1.29, 1.82) is 0 Å². The molecule has 0 radical (unpaired) electrons. The van der Waals surface area contributed by atoms with Gasteiger partial charge in [0, 0.05) is 41.1 Å². The van der Waals surface area contributed by atoms with Crippen LogP contribution in [0.15, 0.2) is 88.0 Å². The van der Waals surface area contributed by atoms with Gasteiger partial charge in [-0.15, -0.1) is 10.2 Å². The molecule has 12 nitrogen and oxygen atoms in total. The number of carboxylic acid groups (broad SMARTS) is 1. The van der Waals surface area contributed by atoms with Crippen molar-refractivity contribution in [2.24, 2.45) is 5.73 Å². The molecule has 0 amide bonds. The molecule has 1 aliphatic heterocycles. The van der Waals surface area contributed by atoms with Gasteiger partial charge in [0.1, 0.15) is 18.5 Å². The summed E-state index contributed by atoms with van der Waals surface area (Å²) < 4.78 is 24.5. The van der Waals surface area contributed by atoms with Crippen LogP contribution in [0.5, 0.6) is 5.75 Å². The molecule has 0 bridgehead atoms. The van der Waals surface area contributed by atoms with Crippen LogP contribution < -0.4 is 10.5 Å². The van der Waals surface area contributed by atoms with E-state index in [0.29, 0.717) is 48.4 Å². The Bertz CT molecular complexity index is 1970. The number of halogens is 2. The fraction of sp³-hybridized carbons (Fsp3) is 0.297. The Balaban J connectivity index is 1.19. The second-order valence-electron chi connectivity index (χ2n) is 12.2. The summed E-state index contributed by atoms with van der Waals surface area (Å²) in [5.41, 5.74) is 9.76. The number of carbonyl (C=O) groups is 1. The minimum absolute atomic E-state index is 0.0121. The van der Waals surface area contributed by atoms with E-state index < -0.39 is 24.2 Å². The molecule has 14 heteroatoms. The molecule has 1 fully saturated rings. The lowest BCUT2D eigenvalue weighted by Gasteiger charge is -2.32. The number of aliphatic carboxylic acids is 1. The Morgan fingerprint density at radius 2 is 1.82 bits per heavy atom. The highest BCUT2D eigenvalue weighted by atomic mass is 79.9. The lowest BCUT2D eigenvalue weighted by atomic mass is 9.89. The molecular formula is C37H37BrClN5O7. The molecule has 6 rings (SSSR count). The topological polar surface area (TPSA) is 166 Å². The number of aliphatic hydroxyl groups excluding tert-OH is 1. The van der Waals surface area contributed by atoms with E-state index in [1.807, 2.05) is 43.3 Å². The Morgan fingerprint density at radius 3 is 2.55 bits per heavy atom. The fourth-order valence-corrected chi connectivity index (χ4v) is 6.69. The first-order valence-corrected chi connectivity index (χ1v) is 17.4. The Morgan fingerprint density at radius 1 is 1.06 bits per heavy atom. The van der Waals surface area contributed by atoms with Gasteiger partial charge in [0.25, 0.3) is 0 Å². The number of aromatic nitrogens is 3. The number of hydrogen-bond acceptors (Lipinski definition) is 11. The summed E-state index contributed by atoms with van der Waals surface area (Å²) in [6.07, 6.45) is 1.98. The third-order valence-corrected chi connectivity index (χ3v) is 10.0. The zero-order valence-electron chi connectivity index (χ0n) is 27.8. The average Bonchev–Trinajstić information content (AvgIpc) is 3.60. The van der Waals surface area contributed by atoms with E-state index in [9.17, 15) is 15.0 Å². The van der Waals surface area contributed by atoms with Crippen molar-refractivity contribution in [2.75, 3.05) is 32.9 Å². The van der Waals surface area contributed by atoms with E-state index in [1.165, 1.54) is 6.07 Å². The zero-order valence-corrected chi connectivity index (χ0v) is 30.1. The minimum atomic E-state index is -2.14. The van der Waals surface area contributed by atoms with Crippen molar-refractivity contribution < 1.29 is 33.6 Å². The van der Waals surface area contributed by atoms with Crippen LogP contribution in [-0.4, -0.2) is 74.7 Å². The molecule has 0 aliphatic carbocycles. The third kappa shape index (κ3) is 8.31. The summed E-state index contributed by atoms with van der Waals surface area (Å²) in [6, 6.07) is 20.2. The number of aliphatic hydroxyl groups is 1. The van der Waals surface area contributed by atoms with Gasteiger partial charge in [0.2, 0.25) is 11.8 Å². The van der Waals surface area contributed by atoms with E-state index in [-0.39, 0.29) is 18.2 Å². The van der Waals surface area contributed by atoms with Crippen molar-refractivity contribution in [3.8, 4) is 28.3 Å². The van der Waals surface area contributed by atoms with Gasteiger partial charge in [-0.05, 0) is 74.9 Å². The van der Waals surface area contributed by atoms with E-state index in [0.717, 1.165) is 45.4 Å². The highest BCUT2D eigenvalue weighted by molar-refractivity contribution is 9.10. The Labute approximate surface area is 308 Å². The van der Waals surface area contributed by atoms with Crippen LogP contribution in [0.3, 0.4) is 0 Å². The van der Waals surface area contributed by atoms with Gasteiger partial charge in [-0.25, -0.2) is 0 Å². The molecule has 2 atom stereocenters. The molecule has 0 spiro atoms. The molecule has 3 aromatic carbocycles. The first kappa shape index (κ1) is 36.6. The fourth-order valence-electron chi connectivity index (χ4n) is 5.86. The standard InChI is InChI=1S/C37H37BrClN5O7/c1-23-27(7-3-8-28(23)35-43-42-32(51-35)19-44-13-15-48-16-14-44)29-9-2-6-26(33(29)38)21-49-31-11-10-25(17-30(31)39)34(37(40,22-45)36(46)47)50-20-24-5-4-12-41-18-24/h2-12,17-18,34,45H,13-16,19-22,40H2,1H3,(H,46,47)/t34?,37-/m1/s1. The predicted octanol–water partition coefficient (Wildman–Crippen LogP) is 5.97. The molecule has 4 N–H and O–H groups in total. The van der Waals surface area contributed by atoms with Gasteiger partial charge >= 0.3 is 5.97 Å². The maximum atomic E-state index is 12.2. The lowest BCUT2D eigenvalue weighted by Crippen LogP contribution is -2.56. The van der Waals surface area contributed by atoms with Crippen LogP contribution in [0.25, 0.3) is 22.6 Å². The summed E-state index contributed by atoms with van der Waals surface area (Å²) in [5, 5.41) is 28.8. The molecule has 3 heterocycles. The van der Waals surface area contributed by atoms with Crippen LogP contribution in [0.4, 0.5) is 0 Å². The number of rotatable bonds is 14. The maximum Gasteiger partial charge on any atom is 0.329 e. The molecule has 51 heavy (non-hydrogen) atoms. The Hall–Kier alpha value is -4.21. The summed E-state index contributed by atoms with van der Waals surface area (Å²) in [5.74, 6) is -0.0266. The second kappa shape index (κ2) is 16.4. The SMILES string of the molecule is Cc1c(-c2nnc(CN3CCOCC3)o2)cccc1-c1cccc(COc2ccc(C(OCc3cccnc3)[C@](N)(CO)C(=O)O)cc2Cl)c1Br. The number of hydrogen-bond donors (Lipinski definition) is 3. The molecule has 1 unspecified atom stereocenters. The number of pyridine rings is 1. The van der Waals surface area contributed by atoms with Crippen molar-refractivity contribution in [3.63, 3.8) is 0 Å². The van der Waals surface area contributed by atoms with Gasteiger partial charge in [-0.2, -0.15) is 0 Å². The van der Waals surface area contributed by atoms with E-state index in [1.54, 1.807) is 36.7 Å². The van der Waals surface area contributed by atoms with Gasteiger partial charge in [0.05, 0.1) is 38.0 Å².